The second-order valence-electron chi connectivity index (χ2n) is 6.65. The molecule has 0 aliphatic carbocycles. The predicted octanol–water partition coefficient (Wildman–Crippen LogP) is 4.82. The van der Waals surface area contributed by atoms with Crippen molar-refractivity contribution in [2.45, 2.75) is 19.6 Å². The van der Waals surface area contributed by atoms with Crippen LogP contribution in [0.15, 0.2) is 77.1 Å². The molecule has 0 aliphatic rings. The van der Waals surface area contributed by atoms with Crippen molar-refractivity contribution in [2.75, 3.05) is 6.61 Å². The number of pyridine rings is 1. The molecule has 0 atom stereocenters. The number of nitrogens with zero attached hydrogens (tertiary/aromatic N) is 3. The fourth-order valence-corrected chi connectivity index (χ4v) is 3.49. The molecule has 3 rings (SSSR count). The lowest BCUT2D eigenvalue weighted by atomic mass is 10.0. The van der Waals surface area contributed by atoms with E-state index in [0.29, 0.717) is 23.0 Å². The average molecular weight is 433 g/mol. The first-order valence-corrected chi connectivity index (χ1v) is 10.8. The Morgan fingerprint density at radius 1 is 1.13 bits per heavy atom. The van der Waals surface area contributed by atoms with Crippen LogP contribution >= 0.6 is 11.8 Å². The van der Waals surface area contributed by atoms with Gasteiger partial charge in [-0.25, -0.2) is 4.79 Å². The fourth-order valence-electron chi connectivity index (χ4n) is 2.88. The number of hydrogen-bond donors (Lipinski definition) is 1. The molecule has 0 unspecified atom stereocenters. The van der Waals surface area contributed by atoms with Gasteiger partial charge in [-0.1, -0.05) is 66.4 Å². The van der Waals surface area contributed by atoms with Gasteiger partial charge in [0.1, 0.15) is 0 Å². The Balaban J connectivity index is 1.68. The maximum atomic E-state index is 12.4. The van der Waals surface area contributed by atoms with Crippen molar-refractivity contribution in [1.82, 2.24) is 4.98 Å². The van der Waals surface area contributed by atoms with Crippen LogP contribution in [-0.2, 0) is 10.5 Å². The molecule has 0 spiro atoms. The van der Waals surface area contributed by atoms with Crippen LogP contribution in [0.5, 0.6) is 0 Å². The standard InChI is InChI=1S/C24H24N4O2S/c1-3-30-23(29)21-17(2)13-14-26-22(21)20-11-9-18(10-12-20)15-27-28-24(25)31-16-19-7-5-4-6-8-19/h4-15H,3,16H2,1-2H3,(H2,25,28). The minimum Gasteiger partial charge on any atom is -0.462 e. The van der Waals surface area contributed by atoms with Gasteiger partial charge in [-0.3, -0.25) is 4.98 Å². The molecule has 31 heavy (non-hydrogen) atoms. The van der Waals surface area contributed by atoms with E-state index < -0.39 is 0 Å². The molecular weight excluding hydrogens is 408 g/mol. The van der Waals surface area contributed by atoms with E-state index in [1.54, 1.807) is 25.4 Å². The molecule has 2 aromatic carbocycles. The molecule has 6 nitrogen and oxygen atoms in total. The topological polar surface area (TPSA) is 89.9 Å². The van der Waals surface area contributed by atoms with Gasteiger partial charge in [0.2, 0.25) is 0 Å². The Hall–Kier alpha value is -3.45. The summed E-state index contributed by atoms with van der Waals surface area (Å²) in [5.74, 6) is 0.374. The van der Waals surface area contributed by atoms with E-state index in [-0.39, 0.29) is 5.97 Å². The molecule has 158 valence electrons. The number of amidine groups is 1. The van der Waals surface area contributed by atoms with Gasteiger partial charge < -0.3 is 10.5 Å². The Labute approximate surface area is 186 Å². The number of aryl methyl sites for hydroxylation is 1. The lowest BCUT2D eigenvalue weighted by Crippen LogP contribution is -2.09. The van der Waals surface area contributed by atoms with Gasteiger partial charge >= 0.3 is 5.97 Å². The van der Waals surface area contributed by atoms with Crippen LogP contribution in [0.4, 0.5) is 0 Å². The fraction of sp³-hybridized carbons (Fsp3) is 0.167. The highest BCUT2D eigenvalue weighted by molar-refractivity contribution is 8.13. The zero-order valence-corrected chi connectivity index (χ0v) is 18.3. The molecule has 0 saturated carbocycles. The Bertz CT molecular complexity index is 1080. The number of benzene rings is 2. The zero-order valence-electron chi connectivity index (χ0n) is 17.5. The SMILES string of the molecule is CCOC(=O)c1c(C)ccnc1-c1ccc(C=NN=C(N)SCc2ccccc2)cc1. The van der Waals surface area contributed by atoms with E-state index in [1.807, 2.05) is 61.5 Å². The molecule has 0 bridgehead atoms. The number of rotatable bonds is 7. The molecule has 7 heteroatoms. The predicted molar refractivity (Wildman–Crippen MR) is 127 cm³/mol. The van der Waals surface area contributed by atoms with Crippen LogP contribution in [0, 0.1) is 6.92 Å². The second-order valence-corrected chi connectivity index (χ2v) is 7.65. The summed E-state index contributed by atoms with van der Waals surface area (Å²) in [7, 11) is 0. The normalized spacial score (nSPS) is 11.6. The maximum absolute atomic E-state index is 12.4. The van der Waals surface area contributed by atoms with Crippen molar-refractivity contribution >= 4 is 29.1 Å². The van der Waals surface area contributed by atoms with Crippen molar-refractivity contribution in [3.63, 3.8) is 0 Å². The van der Waals surface area contributed by atoms with Crippen molar-refractivity contribution < 1.29 is 9.53 Å². The summed E-state index contributed by atoms with van der Waals surface area (Å²) in [5.41, 5.74) is 10.7. The van der Waals surface area contributed by atoms with Crippen LogP contribution in [0.1, 0.15) is 34.0 Å². The van der Waals surface area contributed by atoms with E-state index >= 15 is 0 Å². The minimum atomic E-state index is -0.369. The number of carbonyl (C=O) groups is 1. The van der Waals surface area contributed by atoms with E-state index in [0.717, 1.165) is 22.4 Å². The average Bonchev–Trinajstić information content (AvgIpc) is 2.79. The van der Waals surface area contributed by atoms with Gasteiger partial charge in [0.05, 0.1) is 24.1 Å². The van der Waals surface area contributed by atoms with Crippen LogP contribution < -0.4 is 5.73 Å². The molecule has 0 fully saturated rings. The van der Waals surface area contributed by atoms with Crippen molar-refractivity contribution in [2.24, 2.45) is 15.9 Å². The molecule has 0 aliphatic heterocycles. The number of carbonyl (C=O) groups excluding carboxylic acids is 1. The molecule has 0 amide bonds. The molecule has 0 radical (unpaired) electrons. The van der Waals surface area contributed by atoms with Gasteiger partial charge in [-0.15, -0.1) is 5.10 Å². The third-order valence-electron chi connectivity index (χ3n) is 4.42. The van der Waals surface area contributed by atoms with Gasteiger partial charge in [0, 0.05) is 17.5 Å². The number of hydrogen-bond acceptors (Lipinski definition) is 6. The monoisotopic (exact) mass is 432 g/mol. The van der Waals surface area contributed by atoms with Crippen LogP contribution in [0.2, 0.25) is 0 Å². The first-order valence-electron chi connectivity index (χ1n) is 9.85. The molecular formula is C24H24N4O2S. The summed E-state index contributed by atoms with van der Waals surface area (Å²) in [5, 5.41) is 8.51. The lowest BCUT2D eigenvalue weighted by molar-refractivity contribution is 0.0526. The smallest absolute Gasteiger partial charge is 0.340 e. The van der Waals surface area contributed by atoms with Crippen molar-refractivity contribution in [1.29, 1.82) is 0 Å². The largest absolute Gasteiger partial charge is 0.462 e. The number of ether oxygens (including phenoxy) is 1. The van der Waals surface area contributed by atoms with Gasteiger partial charge in [0.15, 0.2) is 5.17 Å². The van der Waals surface area contributed by atoms with E-state index in [9.17, 15) is 4.79 Å². The molecule has 1 heterocycles. The molecule has 1 aromatic heterocycles. The number of aromatic nitrogens is 1. The molecule has 2 N–H and O–H groups in total. The first-order chi connectivity index (χ1) is 15.1. The van der Waals surface area contributed by atoms with Crippen molar-refractivity contribution in [3.8, 4) is 11.3 Å². The highest BCUT2D eigenvalue weighted by atomic mass is 32.2. The van der Waals surface area contributed by atoms with E-state index in [1.165, 1.54) is 17.3 Å². The third kappa shape index (κ3) is 6.26. The summed E-state index contributed by atoms with van der Waals surface area (Å²) >= 11 is 1.44. The molecule has 0 saturated heterocycles. The summed E-state index contributed by atoms with van der Waals surface area (Å²) in [6.07, 6.45) is 3.32. The summed E-state index contributed by atoms with van der Waals surface area (Å²) in [6, 6.07) is 19.4. The Morgan fingerprint density at radius 2 is 1.87 bits per heavy atom. The van der Waals surface area contributed by atoms with Gasteiger partial charge in [-0.05, 0) is 36.6 Å². The van der Waals surface area contributed by atoms with Gasteiger partial charge in [0.25, 0.3) is 0 Å². The summed E-state index contributed by atoms with van der Waals surface area (Å²) in [6.45, 7) is 3.97. The quantitative estimate of drug-likeness (QED) is 0.250. The van der Waals surface area contributed by atoms with Crippen LogP contribution in [0.25, 0.3) is 11.3 Å². The van der Waals surface area contributed by atoms with Crippen LogP contribution in [0.3, 0.4) is 0 Å². The third-order valence-corrected chi connectivity index (χ3v) is 5.27. The van der Waals surface area contributed by atoms with E-state index in [2.05, 4.69) is 15.2 Å². The Morgan fingerprint density at radius 3 is 2.58 bits per heavy atom. The van der Waals surface area contributed by atoms with Crippen LogP contribution in [-0.4, -0.2) is 28.9 Å². The maximum Gasteiger partial charge on any atom is 0.340 e. The summed E-state index contributed by atoms with van der Waals surface area (Å²) in [4.78, 5) is 16.8. The zero-order chi connectivity index (χ0) is 22.1. The number of thioether (sulfide) groups is 1. The highest BCUT2D eigenvalue weighted by Gasteiger charge is 2.17. The molecule has 3 aromatic rings. The number of nitrogens with two attached hydrogens (primary N) is 1. The summed E-state index contributed by atoms with van der Waals surface area (Å²) < 4.78 is 5.19. The van der Waals surface area contributed by atoms with Crippen molar-refractivity contribution in [3.05, 3.63) is 89.1 Å². The second kappa shape index (κ2) is 11.1. The highest BCUT2D eigenvalue weighted by Crippen LogP contribution is 2.25. The van der Waals surface area contributed by atoms with Gasteiger partial charge in [-0.2, -0.15) is 5.10 Å². The first kappa shape index (κ1) is 22.2. The lowest BCUT2D eigenvalue weighted by Gasteiger charge is -2.11. The number of esters is 1. The minimum absolute atomic E-state index is 0.315. The van der Waals surface area contributed by atoms with E-state index in [4.69, 9.17) is 10.5 Å². The Kier molecular flexibility index (Phi) is 7.95.